The van der Waals surface area contributed by atoms with Gasteiger partial charge in [-0.2, -0.15) is 9.78 Å². The summed E-state index contributed by atoms with van der Waals surface area (Å²) in [4.78, 5) is 1.34. The number of nitrogens with one attached hydrogen (secondary N) is 1. The van der Waals surface area contributed by atoms with E-state index in [4.69, 9.17) is 12.2 Å². The monoisotopic (exact) mass is 339 g/mol. The molecule has 0 saturated carbocycles. The van der Waals surface area contributed by atoms with Gasteiger partial charge in [0.15, 0.2) is 6.67 Å². The molecule has 0 aliphatic heterocycles. The van der Waals surface area contributed by atoms with E-state index in [0.29, 0.717) is 0 Å². The van der Waals surface area contributed by atoms with E-state index in [-0.39, 0.29) is 0 Å². The molecule has 0 aliphatic rings. The first-order chi connectivity index (χ1) is 11.6. The van der Waals surface area contributed by atoms with Gasteiger partial charge in [0.1, 0.15) is 12.9 Å². The summed E-state index contributed by atoms with van der Waals surface area (Å²) < 4.78 is 4.61. The van der Waals surface area contributed by atoms with Gasteiger partial charge in [0, 0.05) is 5.56 Å². The highest BCUT2D eigenvalue weighted by molar-refractivity contribution is 7.71. The highest BCUT2D eigenvalue weighted by atomic mass is 32.1. The van der Waals surface area contributed by atoms with Crippen molar-refractivity contribution in [3.05, 3.63) is 76.3 Å². The van der Waals surface area contributed by atoms with Gasteiger partial charge in [-0.05, 0) is 43.3 Å². The summed E-state index contributed by atoms with van der Waals surface area (Å²) >= 11 is 5.63. The average molecular weight is 339 g/mol. The van der Waals surface area contributed by atoms with E-state index in [1.807, 2.05) is 27.7 Å². The predicted octanol–water partition coefficient (Wildman–Crippen LogP) is 2.69. The van der Waals surface area contributed by atoms with Gasteiger partial charge in [0.25, 0.3) is 0 Å². The molecule has 1 aromatic heterocycles. The fourth-order valence-corrected chi connectivity index (χ4v) is 3.15. The van der Waals surface area contributed by atoms with Gasteiger partial charge in [-0.25, -0.2) is 0 Å². The van der Waals surface area contributed by atoms with Crippen LogP contribution in [0.1, 0.15) is 16.7 Å². The first kappa shape index (κ1) is 16.6. The van der Waals surface area contributed by atoms with Crippen LogP contribution in [0.4, 0.5) is 0 Å². The molecule has 1 unspecified atom stereocenters. The molecular formula is C19H23N4S+. The fraction of sp³-hybridized carbons (Fsp3) is 0.263. The summed E-state index contributed by atoms with van der Waals surface area (Å²) in [5.74, 6) is 0. The molecule has 1 atom stereocenters. The zero-order valence-electron chi connectivity index (χ0n) is 14.4. The summed E-state index contributed by atoms with van der Waals surface area (Å²) in [6.45, 7) is 5.93. The lowest BCUT2D eigenvalue weighted by atomic mass is 10.1. The van der Waals surface area contributed by atoms with E-state index in [0.717, 1.165) is 23.7 Å². The predicted molar refractivity (Wildman–Crippen MR) is 98.9 cm³/mol. The second kappa shape index (κ2) is 7.11. The molecular weight excluding hydrogens is 316 g/mol. The van der Waals surface area contributed by atoms with Crippen molar-refractivity contribution in [2.75, 3.05) is 7.05 Å². The molecule has 5 heteroatoms. The highest BCUT2D eigenvalue weighted by Gasteiger charge is 2.11. The summed E-state index contributed by atoms with van der Waals surface area (Å²) in [6, 6.07) is 16.7. The second-order valence-electron chi connectivity index (χ2n) is 6.29. The normalized spacial score (nSPS) is 12.3. The van der Waals surface area contributed by atoms with Crippen LogP contribution in [-0.4, -0.2) is 21.4 Å². The van der Waals surface area contributed by atoms with Crippen LogP contribution in [-0.2, 0) is 13.2 Å². The standard InChI is InChI=1S/C19H22N4S/c1-15-8-4-6-10-17(15)12-21(3)14-23-19(24)22(13-20-23)18-11-7-5-9-16(18)2/h4-11,13H,12,14H2,1-3H3/p+1. The Morgan fingerprint density at radius 2 is 1.67 bits per heavy atom. The number of quaternary nitrogens is 1. The van der Waals surface area contributed by atoms with E-state index in [2.05, 4.69) is 62.4 Å². The SMILES string of the molecule is Cc1ccccc1C[NH+](C)Cn1ncn(-c2ccccc2C)c1=S. The lowest BCUT2D eigenvalue weighted by Crippen LogP contribution is -3.07. The third-order valence-electron chi connectivity index (χ3n) is 4.28. The molecule has 0 amide bonds. The van der Waals surface area contributed by atoms with Crippen molar-refractivity contribution in [1.29, 1.82) is 0 Å². The minimum atomic E-state index is 0.730. The Kier molecular flexibility index (Phi) is 4.92. The third kappa shape index (κ3) is 3.47. The number of para-hydroxylation sites is 1. The second-order valence-corrected chi connectivity index (χ2v) is 6.65. The molecule has 0 radical (unpaired) electrons. The smallest absolute Gasteiger partial charge is 0.207 e. The quantitative estimate of drug-likeness (QED) is 0.724. The number of hydrogen-bond acceptors (Lipinski definition) is 2. The molecule has 1 heterocycles. The van der Waals surface area contributed by atoms with Crippen molar-refractivity contribution in [2.45, 2.75) is 27.1 Å². The summed E-state index contributed by atoms with van der Waals surface area (Å²) in [5.41, 5.74) is 4.96. The van der Waals surface area contributed by atoms with Crippen LogP contribution in [0.5, 0.6) is 0 Å². The van der Waals surface area contributed by atoms with Gasteiger partial charge >= 0.3 is 0 Å². The van der Waals surface area contributed by atoms with Crippen LogP contribution >= 0.6 is 12.2 Å². The van der Waals surface area contributed by atoms with E-state index < -0.39 is 0 Å². The maximum atomic E-state index is 5.63. The molecule has 124 valence electrons. The van der Waals surface area contributed by atoms with Crippen molar-refractivity contribution in [3.63, 3.8) is 0 Å². The fourth-order valence-electron chi connectivity index (χ4n) is 2.89. The zero-order valence-corrected chi connectivity index (χ0v) is 15.2. The van der Waals surface area contributed by atoms with Crippen LogP contribution in [0.2, 0.25) is 0 Å². The molecule has 0 bridgehead atoms. The maximum Gasteiger partial charge on any atom is 0.207 e. The molecule has 0 aliphatic carbocycles. The molecule has 4 nitrogen and oxygen atoms in total. The lowest BCUT2D eigenvalue weighted by Gasteiger charge is -2.15. The maximum absolute atomic E-state index is 5.63. The Balaban J connectivity index is 1.78. The zero-order chi connectivity index (χ0) is 17.1. The summed E-state index contributed by atoms with van der Waals surface area (Å²) in [7, 11) is 2.17. The van der Waals surface area contributed by atoms with Crippen LogP contribution in [0, 0.1) is 18.6 Å². The minimum absolute atomic E-state index is 0.730. The third-order valence-corrected chi connectivity index (χ3v) is 4.69. The number of aromatic nitrogens is 3. The molecule has 1 N–H and O–H groups in total. The highest BCUT2D eigenvalue weighted by Crippen LogP contribution is 2.13. The van der Waals surface area contributed by atoms with Crippen LogP contribution in [0.15, 0.2) is 54.9 Å². The van der Waals surface area contributed by atoms with Gasteiger partial charge in [-0.3, -0.25) is 4.57 Å². The van der Waals surface area contributed by atoms with E-state index in [1.165, 1.54) is 21.6 Å². The summed E-state index contributed by atoms with van der Waals surface area (Å²) in [6.07, 6.45) is 1.81. The number of aryl methyl sites for hydroxylation is 2. The summed E-state index contributed by atoms with van der Waals surface area (Å²) in [5, 5.41) is 4.49. The van der Waals surface area contributed by atoms with Gasteiger partial charge < -0.3 is 4.90 Å². The Labute approximate surface area is 148 Å². The van der Waals surface area contributed by atoms with Crippen LogP contribution in [0.25, 0.3) is 5.69 Å². The van der Waals surface area contributed by atoms with Gasteiger partial charge in [-0.1, -0.05) is 42.5 Å². The van der Waals surface area contributed by atoms with E-state index in [9.17, 15) is 0 Å². The van der Waals surface area contributed by atoms with Gasteiger partial charge in [0.05, 0.1) is 12.7 Å². The Bertz CT molecular complexity index is 894. The molecule has 2 aromatic carbocycles. The van der Waals surface area contributed by atoms with Crippen molar-refractivity contribution in [2.24, 2.45) is 0 Å². The number of hydrogen-bond donors (Lipinski definition) is 1. The van der Waals surface area contributed by atoms with Crippen molar-refractivity contribution in [3.8, 4) is 5.69 Å². The lowest BCUT2D eigenvalue weighted by molar-refractivity contribution is -0.917. The minimum Gasteiger partial charge on any atom is -0.315 e. The van der Waals surface area contributed by atoms with Crippen molar-refractivity contribution < 1.29 is 4.90 Å². The first-order valence-corrected chi connectivity index (χ1v) is 8.53. The first-order valence-electron chi connectivity index (χ1n) is 8.12. The van der Waals surface area contributed by atoms with E-state index >= 15 is 0 Å². The molecule has 3 rings (SSSR count). The Hall–Kier alpha value is -2.24. The Morgan fingerprint density at radius 3 is 2.38 bits per heavy atom. The molecule has 24 heavy (non-hydrogen) atoms. The molecule has 0 saturated heterocycles. The average Bonchev–Trinajstić information content (AvgIpc) is 2.91. The van der Waals surface area contributed by atoms with Gasteiger partial charge in [0.2, 0.25) is 4.77 Å². The topological polar surface area (TPSA) is 27.2 Å². The molecule has 0 spiro atoms. The molecule has 3 aromatic rings. The largest absolute Gasteiger partial charge is 0.315 e. The number of rotatable bonds is 5. The van der Waals surface area contributed by atoms with Gasteiger partial charge in [-0.15, -0.1) is 0 Å². The number of benzene rings is 2. The van der Waals surface area contributed by atoms with Crippen molar-refractivity contribution >= 4 is 12.2 Å². The van der Waals surface area contributed by atoms with Crippen molar-refractivity contribution in [1.82, 2.24) is 14.3 Å². The van der Waals surface area contributed by atoms with E-state index in [1.54, 1.807) is 0 Å². The van der Waals surface area contributed by atoms with Crippen LogP contribution < -0.4 is 4.90 Å². The number of nitrogens with zero attached hydrogens (tertiary/aromatic N) is 3. The molecule has 0 fully saturated rings. The van der Waals surface area contributed by atoms with Crippen LogP contribution in [0.3, 0.4) is 0 Å². The Morgan fingerprint density at radius 1 is 1.00 bits per heavy atom.